The minimum absolute atomic E-state index is 0.750. The number of nitriles is 1. The molecular formula is C16H20N2. The van der Waals surface area contributed by atoms with Crippen LogP contribution in [0.15, 0.2) is 18.2 Å². The van der Waals surface area contributed by atoms with Crippen molar-refractivity contribution in [3.05, 3.63) is 34.9 Å². The first kappa shape index (κ1) is 11.7. The molecule has 2 nitrogen and oxygen atoms in total. The first-order valence-electron chi connectivity index (χ1n) is 7.01. The minimum atomic E-state index is 0.750. The Hall–Kier alpha value is -1.33. The van der Waals surface area contributed by atoms with Gasteiger partial charge >= 0.3 is 0 Å². The summed E-state index contributed by atoms with van der Waals surface area (Å²) >= 11 is 0. The predicted octanol–water partition coefficient (Wildman–Crippen LogP) is 3.14. The summed E-state index contributed by atoms with van der Waals surface area (Å²) in [7, 11) is 0. The number of nitrogens with zero attached hydrogens (tertiary/aromatic N) is 1. The summed E-state index contributed by atoms with van der Waals surface area (Å²) in [6.07, 6.45) is 5.67. The Bertz CT molecular complexity index is 466. The molecule has 2 heteroatoms. The van der Waals surface area contributed by atoms with Crippen molar-refractivity contribution in [1.82, 2.24) is 5.32 Å². The topological polar surface area (TPSA) is 35.8 Å². The Morgan fingerprint density at radius 2 is 1.94 bits per heavy atom. The van der Waals surface area contributed by atoms with Crippen molar-refractivity contribution in [2.45, 2.75) is 45.2 Å². The monoisotopic (exact) mass is 240 g/mol. The molecule has 2 fully saturated rings. The van der Waals surface area contributed by atoms with Gasteiger partial charge in [0.2, 0.25) is 0 Å². The van der Waals surface area contributed by atoms with E-state index in [-0.39, 0.29) is 0 Å². The molecule has 2 aliphatic rings. The fourth-order valence-electron chi connectivity index (χ4n) is 2.82. The van der Waals surface area contributed by atoms with E-state index in [2.05, 4.69) is 24.4 Å². The summed E-state index contributed by atoms with van der Waals surface area (Å²) in [4.78, 5) is 0. The third-order valence-electron chi connectivity index (χ3n) is 4.26. The molecule has 3 rings (SSSR count). The largest absolute Gasteiger partial charge is 0.309 e. The molecule has 0 amide bonds. The summed E-state index contributed by atoms with van der Waals surface area (Å²) in [5.41, 5.74) is 3.32. The molecule has 1 aromatic carbocycles. The molecule has 1 aromatic rings. The average Bonchev–Trinajstić information content (AvgIpc) is 3.25. The third-order valence-corrected chi connectivity index (χ3v) is 4.26. The van der Waals surface area contributed by atoms with Crippen LogP contribution < -0.4 is 5.32 Å². The molecule has 0 aliphatic heterocycles. The zero-order chi connectivity index (χ0) is 12.5. The molecule has 0 spiro atoms. The lowest BCUT2D eigenvalue weighted by atomic mass is 10.0. The first-order chi connectivity index (χ1) is 8.78. The molecule has 0 heterocycles. The van der Waals surface area contributed by atoms with Crippen LogP contribution in [-0.4, -0.2) is 6.04 Å². The lowest BCUT2D eigenvalue weighted by Crippen LogP contribution is -2.32. The summed E-state index contributed by atoms with van der Waals surface area (Å²) in [6.45, 7) is 3.05. The highest BCUT2D eigenvalue weighted by Crippen LogP contribution is 2.44. The van der Waals surface area contributed by atoms with Gasteiger partial charge in [-0.3, -0.25) is 0 Å². The van der Waals surface area contributed by atoms with Gasteiger partial charge in [0.05, 0.1) is 11.6 Å². The van der Waals surface area contributed by atoms with Crippen molar-refractivity contribution in [2.24, 2.45) is 11.8 Å². The lowest BCUT2D eigenvalue weighted by molar-refractivity contribution is 0.415. The van der Waals surface area contributed by atoms with Crippen LogP contribution in [0.4, 0.5) is 0 Å². The predicted molar refractivity (Wildman–Crippen MR) is 72.0 cm³/mol. The quantitative estimate of drug-likeness (QED) is 0.858. The summed E-state index contributed by atoms with van der Waals surface area (Å²) in [5, 5.41) is 12.6. The van der Waals surface area contributed by atoms with Gasteiger partial charge in [0, 0.05) is 12.6 Å². The molecule has 18 heavy (non-hydrogen) atoms. The maximum Gasteiger partial charge on any atom is 0.0991 e. The molecule has 2 saturated carbocycles. The normalized spacial score (nSPS) is 18.9. The SMILES string of the molecule is Cc1cc(C#N)ccc1CNC(C1CC1)C1CC1. The van der Waals surface area contributed by atoms with Crippen LogP contribution in [0.2, 0.25) is 0 Å². The highest BCUT2D eigenvalue weighted by molar-refractivity contribution is 5.37. The molecule has 0 radical (unpaired) electrons. The molecule has 0 bridgehead atoms. The van der Waals surface area contributed by atoms with E-state index < -0.39 is 0 Å². The molecule has 1 N–H and O–H groups in total. The van der Waals surface area contributed by atoms with Crippen LogP contribution in [0, 0.1) is 30.1 Å². The first-order valence-corrected chi connectivity index (χ1v) is 7.01. The van der Waals surface area contributed by atoms with Gasteiger partial charge in [0.15, 0.2) is 0 Å². The second-order valence-electron chi connectivity index (χ2n) is 5.83. The van der Waals surface area contributed by atoms with E-state index in [9.17, 15) is 0 Å². The minimum Gasteiger partial charge on any atom is -0.309 e. The second kappa shape index (κ2) is 4.74. The van der Waals surface area contributed by atoms with Gasteiger partial charge in [-0.1, -0.05) is 6.07 Å². The Kier molecular flexibility index (Phi) is 3.09. The third kappa shape index (κ3) is 2.57. The van der Waals surface area contributed by atoms with E-state index in [0.717, 1.165) is 30.0 Å². The maximum absolute atomic E-state index is 8.87. The van der Waals surface area contributed by atoms with Gasteiger partial charge in [0.25, 0.3) is 0 Å². The number of nitrogens with one attached hydrogen (secondary N) is 1. The van der Waals surface area contributed by atoms with Crippen molar-refractivity contribution in [1.29, 1.82) is 5.26 Å². The molecular weight excluding hydrogens is 220 g/mol. The van der Waals surface area contributed by atoms with Crippen LogP contribution >= 0.6 is 0 Å². The van der Waals surface area contributed by atoms with E-state index >= 15 is 0 Å². The average molecular weight is 240 g/mol. The van der Waals surface area contributed by atoms with Gasteiger partial charge < -0.3 is 5.32 Å². The molecule has 0 saturated heterocycles. The van der Waals surface area contributed by atoms with E-state index in [1.165, 1.54) is 36.8 Å². The van der Waals surface area contributed by atoms with Crippen LogP contribution in [-0.2, 0) is 6.54 Å². The molecule has 94 valence electrons. The number of rotatable bonds is 5. The fourth-order valence-corrected chi connectivity index (χ4v) is 2.82. The zero-order valence-electron chi connectivity index (χ0n) is 10.9. The van der Waals surface area contributed by atoms with E-state index in [1.807, 2.05) is 12.1 Å². The van der Waals surface area contributed by atoms with Crippen molar-refractivity contribution >= 4 is 0 Å². The van der Waals surface area contributed by atoms with Crippen LogP contribution in [0.25, 0.3) is 0 Å². The summed E-state index contributed by atoms with van der Waals surface area (Å²) < 4.78 is 0. The maximum atomic E-state index is 8.87. The highest BCUT2D eigenvalue weighted by atomic mass is 14.9. The Balaban J connectivity index is 1.63. The molecule has 0 atom stereocenters. The van der Waals surface area contributed by atoms with Gasteiger partial charge in [-0.2, -0.15) is 5.26 Å². The Morgan fingerprint density at radius 3 is 2.44 bits per heavy atom. The molecule has 0 unspecified atom stereocenters. The van der Waals surface area contributed by atoms with Gasteiger partial charge in [0.1, 0.15) is 0 Å². The lowest BCUT2D eigenvalue weighted by Gasteiger charge is -2.18. The van der Waals surface area contributed by atoms with Gasteiger partial charge in [-0.05, 0) is 67.7 Å². The highest BCUT2D eigenvalue weighted by Gasteiger charge is 2.40. The van der Waals surface area contributed by atoms with Crippen molar-refractivity contribution in [3.8, 4) is 6.07 Å². The standard InChI is InChI=1S/C16H20N2/c1-11-8-12(9-17)2-3-15(11)10-18-16(13-4-5-13)14-6-7-14/h2-3,8,13-14,16,18H,4-7,10H2,1H3. The van der Waals surface area contributed by atoms with E-state index in [4.69, 9.17) is 5.26 Å². The van der Waals surface area contributed by atoms with E-state index in [0.29, 0.717) is 0 Å². The number of aryl methyl sites for hydroxylation is 1. The van der Waals surface area contributed by atoms with Crippen LogP contribution in [0.1, 0.15) is 42.4 Å². The summed E-state index contributed by atoms with van der Waals surface area (Å²) in [6, 6.07) is 8.95. The number of hydrogen-bond acceptors (Lipinski definition) is 2. The zero-order valence-corrected chi connectivity index (χ0v) is 10.9. The smallest absolute Gasteiger partial charge is 0.0991 e. The molecule has 2 aliphatic carbocycles. The molecule has 0 aromatic heterocycles. The van der Waals surface area contributed by atoms with Crippen molar-refractivity contribution in [2.75, 3.05) is 0 Å². The number of hydrogen-bond donors (Lipinski definition) is 1. The van der Waals surface area contributed by atoms with E-state index in [1.54, 1.807) is 0 Å². The van der Waals surface area contributed by atoms with Crippen LogP contribution in [0.3, 0.4) is 0 Å². The Morgan fingerprint density at radius 1 is 1.28 bits per heavy atom. The summed E-state index contributed by atoms with van der Waals surface area (Å²) in [5.74, 6) is 1.88. The van der Waals surface area contributed by atoms with Crippen molar-refractivity contribution < 1.29 is 0 Å². The van der Waals surface area contributed by atoms with Crippen molar-refractivity contribution in [3.63, 3.8) is 0 Å². The fraction of sp³-hybridized carbons (Fsp3) is 0.562. The van der Waals surface area contributed by atoms with Crippen LogP contribution in [0.5, 0.6) is 0 Å². The number of benzene rings is 1. The Labute approximate surface area is 109 Å². The van der Waals surface area contributed by atoms with Gasteiger partial charge in [-0.15, -0.1) is 0 Å². The second-order valence-corrected chi connectivity index (χ2v) is 5.83. The van der Waals surface area contributed by atoms with Gasteiger partial charge in [-0.25, -0.2) is 0 Å².